The van der Waals surface area contributed by atoms with E-state index in [1.807, 2.05) is 6.07 Å². The number of carbonyl (C=O) groups is 1. The highest BCUT2D eigenvalue weighted by Crippen LogP contribution is 2.17. The van der Waals surface area contributed by atoms with Crippen LogP contribution in [-0.2, 0) is 4.74 Å². The summed E-state index contributed by atoms with van der Waals surface area (Å²) in [5.41, 5.74) is 0. The van der Waals surface area contributed by atoms with E-state index in [1.54, 1.807) is 6.20 Å². The topological polar surface area (TPSA) is 67.3 Å². The van der Waals surface area contributed by atoms with Gasteiger partial charge in [-0.25, -0.2) is 14.8 Å². The third kappa shape index (κ3) is 2.59. The van der Waals surface area contributed by atoms with Gasteiger partial charge in [-0.15, -0.1) is 0 Å². The summed E-state index contributed by atoms with van der Waals surface area (Å²) in [5, 5.41) is 3.40. The summed E-state index contributed by atoms with van der Waals surface area (Å²) >= 11 is 0. The van der Waals surface area contributed by atoms with Crippen LogP contribution in [0.1, 0.15) is 24.5 Å². The summed E-state index contributed by atoms with van der Waals surface area (Å²) < 4.78 is 4.63. The molecular formula is C12H18N4O2. The summed E-state index contributed by atoms with van der Waals surface area (Å²) in [4.78, 5) is 21.8. The third-order valence-electron chi connectivity index (χ3n) is 3.07. The van der Waals surface area contributed by atoms with Crippen LogP contribution in [-0.4, -0.2) is 48.2 Å². The van der Waals surface area contributed by atoms with E-state index in [2.05, 4.69) is 38.8 Å². The highest BCUT2D eigenvalue weighted by Gasteiger charge is 2.24. The lowest BCUT2D eigenvalue weighted by Crippen LogP contribution is -2.54. The molecule has 2 heterocycles. The summed E-state index contributed by atoms with van der Waals surface area (Å²) in [6.45, 7) is 6.01. The van der Waals surface area contributed by atoms with Crippen LogP contribution in [0.4, 0.5) is 5.82 Å². The lowest BCUT2D eigenvalue weighted by atomic mass is 10.1. The van der Waals surface area contributed by atoms with Gasteiger partial charge in [-0.2, -0.15) is 0 Å². The van der Waals surface area contributed by atoms with Gasteiger partial charge in [-0.1, -0.05) is 0 Å². The van der Waals surface area contributed by atoms with Crippen molar-refractivity contribution in [1.29, 1.82) is 0 Å². The highest BCUT2D eigenvalue weighted by molar-refractivity contribution is 5.85. The summed E-state index contributed by atoms with van der Waals surface area (Å²) in [6.07, 6.45) is 1.59. The molecule has 1 aromatic rings. The van der Waals surface area contributed by atoms with Crippen molar-refractivity contribution in [3.63, 3.8) is 0 Å². The van der Waals surface area contributed by atoms with Gasteiger partial charge in [0.2, 0.25) is 5.82 Å². The van der Waals surface area contributed by atoms with E-state index in [1.165, 1.54) is 7.11 Å². The summed E-state index contributed by atoms with van der Waals surface area (Å²) in [5.74, 6) is 0.368. The smallest absolute Gasteiger partial charge is 0.376 e. The molecule has 6 nitrogen and oxygen atoms in total. The highest BCUT2D eigenvalue weighted by atomic mass is 16.5. The summed E-state index contributed by atoms with van der Waals surface area (Å²) in [6, 6.07) is 2.56. The maximum Gasteiger partial charge on any atom is 0.376 e. The van der Waals surface area contributed by atoms with Gasteiger partial charge in [0.25, 0.3) is 0 Å². The number of anilines is 1. The molecule has 1 aromatic heterocycles. The van der Waals surface area contributed by atoms with Crippen LogP contribution in [0.5, 0.6) is 0 Å². The Kier molecular flexibility index (Phi) is 3.76. The number of piperazine rings is 1. The summed E-state index contributed by atoms with van der Waals surface area (Å²) in [7, 11) is 1.33. The first-order valence-corrected chi connectivity index (χ1v) is 6.03. The number of hydrogen-bond acceptors (Lipinski definition) is 6. The fraction of sp³-hybridized carbons (Fsp3) is 0.583. The molecule has 18 heavy (non-hydrogen) atoms. The zero-order valence-corrected chi connectivity index (χ0v) is 10.9. The van der Waals surface area contributed by atoms with E-state index in [9.17, 15) is 4.79 Å². The molecular weight excluding hydrogens is 232 g/mol. The number of ether oxygens (including phenoxy) is 1. The van der Waals surface area contributed by atoms with Crippen LogP contribution < -0.4 is 10.2 Å². The van der Waals surface area contributed by atoms with Crippen molar-refractivity contribution in [2.75, 3.05) is 25.1 Å². The predicted octanol–water partition coefficient (Wildman–Crippen LogP) is 0.450. The lowest BCUT2D eigenvalue weighted by molar-refractivity contribution is 0.0586. The first-order valence-electron chi connectivity index (χ1n) is 6.03. The molecule has 0 amide bonds. The Bertz CT molecular complexity index is 438. The number of hydrogen-bond donors (Lipinski definition) is 1. The van der Waals surface area contributed by atoms with Crippen molar-refractivity contribution in [2.45, 2.75) is 25.9 Å². The van der Waals surface area contributed by atoms with E-state index in [0.29, 0.717) is 12.1 Å². The molecule has 0 bridgehead atoms. The molecule has 1 aliphatic heterocycles. The second kappa shape index (κ2) is 5.30. The number of rotatable bonds is 2. The second-order valence-electron chi connectivity index (χ2n) is 4.54. The molecule has 0 aliphatic carbocycles. The minimum Gasteiger partial charge on any atom is -0.463 e. The molecule has 1 N–H and O–H groups in total. The number of carbonyl (C=O) groups excluding carboxylic acids is 1. The molecule has 6 heteroatoms. The molecule has 2 atom stereocenters. The fourth-order valence-electron chi connectivity index (χ4n) is 2.04. The van der Waals surface area contributed by atoms with Crippen molar-refractivity contribution in [3.8, 4) is 0 Å². The largest absolute Gasteiger partial charge is 0.463 e. The normalized spacial score (nSPS) is 23.8. The molecule has 0 saturated carbocycles. The lowest BCUT2D eigenvalue weighted by Gasteiger charge is -2.38. The van der Waals surface area contributed by atoms with Gasteiger partial charge < -0.3 is 15.0 Å². The number of nitrogens with zero attached hydrogens (tertiary/aromatic N) is 3. The molecule has 1 saturated heterocycles. The monoisotopic (exact) mass is 250 g/mol. The van der Waals surface area contributed by atoms with E-state index >= 15 is 0 Å². The number of aromatic nitrogens is 2. The Hall–Kier alpha value is -1.69. The number of esters is 1. The molecule has 0 aromatic carbocycles. The van der Waals surface area contributed by atoms with Gasteiger partial charge in [0.05, 0.1) is 7.11 Å². The second-order valence-corrected chi connectivity index (χ2v) is 4.54. The Morgan fingerprint density at radius 3 is 3.06 bits per heavy atom. The van der Waals surface area contributed by atoms with Crippen LogP contribution in [0.3, 0.4) is 0 Å². The minimum atomic E-state index is -0.507. The fourth-order valence-corrected chi connectivity index (χ4v) is 2.04. The first kappa shape index (κ1) is 12.8. The maximum absolute atomic E-state index is 11.4. The van der Waals surface area contributed by atoms with Crippen LogP contribution in [0.2, 0.25) is 0 Å². The standard InChI is InChI=1S/C12H18N4O2/c1-8-7-16(9(2)6-14-8)10-4-5-13-11(15-10)12(17)18-3/h4-5,8-9,14H,6-7H2,1-3H3. The Morgan fingerprint density at radius 1 is 1.56 bits per heavy atom. The zero-order valence-electron chi connectivity index (χ0n) is 10.9. The molecule has 0 spiro atoms. The third-order valence-corrected chi connectivity index (χ3v) is 3.07. The van der Waals surface area contributed by atoms with E-state index < -0.39 is 5.97 Å². The number of nitrogens with one attached hydrogen (secondary N) is 1. The van der Waals surface area contributed by atoms with E-state index in [0.717, 1.165) is 18.9 Å². The van der Waals surface area contributed by atoms with Gasteiger partial charge in [0, 0.05) is 31.4 Å². The average molecular weight is 250 g/mol. The van der Waals surface area contributed by atoms with Gasteiger partial charge in [0.15, 0.2) is 0 Å². The van der Waals surface area contributed by atoms with Crippen molar-refractivity contribution >= 4 is 11.8 Å². The van der Waals surface area contributed by atoms with Crippen LogP contribution in [0.25, 0.3) is 0 Å². The van der Waals surface area contributed by atoms with Crippen molar-refractivity contribution < 1.29 is 9.53 Å². The molecule has 2 rings (SSSR count). The molecule has 98 valence electrons. The molecule has 0 radical (unpaired) electrons. The zero-order chi connectivity index (χ0) is 13.1. The van der Waals surface area contributed by atoms with Crippen LogP contribution in [0.15, 0.2) is 12.3 Å². The van der Waals surface area contributed by atoms with Crippen LogP contribution in [0, 0.1) is 0 Å². The Balaban J connectivity index is 2.24. The van der Waals surface area contributed by atoms with Crippen molar-refractivity contribution in [1.82, 2.24) is 15.3 Å². The maximum atomic E-state index is 11.4. The Labute approximate surface area is 106 Å². The minimum absolute atomic E-state index is 0.105. The average Bonchev–Trinajstić information content (AvgIpc) is 2.40. The quantitative estimate of drug-likeness (QED) is 0.769. The molecule has 1 aliphatic rings. The van der Waals surface area contributed by atoms with Crippen molar-refractivity contribution in [3.05, 3.63) is 18.1 Å². The predicted molar refractivity (Wildman–Crippen MR) is 67.6 cm³/mol. The van der Waals surface area contributed by atoms with Crippen LogP contribution >= 0.6 is 0 Å². The van der Waals surface area contributed by atoms with Gasteiger partial charge >= 0.3 is 5.97 Å². The van der Waals surface area contributed by atoms with E-state index in [-0.39, 0.29) is 5.82 Å². The first-order chi connectivity index (χ1) is 8.61. The molecule has 1 fully saturated rings. The van der Waals surface area contributed by atoms with Crippen molar-refractivity contribution in [2.24, 2.45) is 0 Å². The number of methoxy groups -OCH3 is 1. The van der Waals surface area contributed by atoms with Gasteiger partial charge in [-0.05, 0) is 19.9 Å². The molecule has 2 unspecified atom stereocenters. The van der Waals surface area contributed by atoms with E-state index in [4.69, 9.17) is 0 Å². The van der Waals surface area contributed by atoms with Gasteiger partial charge in [-0.3, -0.25) is 0 Å². The Morgan fingerprint density at radius 2 is 2.33 bits per heavy atom. The SMILES string of the molecule is COC(=O)c1nccc(N2CC(C)NCC2C)n1. The van der Waals surface area contributed by atoms with Gasteiger partial charge in [0.1, 0.15) is 5.82 Å².